The second-order valence-corrected chi connectivity index (χ2v) is 6.86. The van der Waals surface area contributed by atoms with E-state index in [1.807, 2.05) is 6.92 Å². The molecular formula is C11H21N3O3S. The summed E-state index contributed by atoms with van der Waals surface area (Å²) in [4.78, 5) is 11.7. The third-order valence-electron chi connectivity index (χ3n) is 3.60. The zero-order valence-corrected chi connectivity index (χ0v) is 11.5. The van der Waals surface area contributed by atoms with Gasteiger partial charge < -0.3 is 10.6 Å². The lowest BCUT2D eigenvalue weighted by Crippen LogP contribution is -2.58. The Morgan fingerprint density at radius 1 is 1.39 bits per heavy atom. The Morgan fingerprint density at radius 2 is 2.17 bits per heavy atom. The maximum absolute atomic E-state index is 12.4. The molecule has 2 unspecified atom stereocenters. The summed E-state index contributed by atoms with van der Waals surface area (Å²) in [6, 6.07) is -0.498. The lowest BCUT2D eigenvalue weighted by Gasteiger charge is -2.34. The van der Waals surface area contributed by atoms with E-state index in [0.717, 1.165) is 19.4 Å². The van der Waals surface area contributed by atoms with Crippen molar-refractivity contribution in [3.05, 3.63) is 0 Å². The van der Waals surface area contributed by atoms with Crippen molar-refractivity contribution in [2.45, 2.75) is 38.3 Å². The quantitative estimate of drug-likeness (QED) is 0.710. The van der Waals surface area contributed by atoms with Gasteiger partial charge in [-0.15, -0.1) is 0 Å². The predicted octanol–water partition coefficient (Wildman–Crippen LogP) is -0.721. The van der Waals surface area contributed by atoms with Gasteiger partial charge in [-0.3, -0.25) is 4.79 Å². The van der Waals surface area contributed by atoms with E-state index >= 15 is 0 Å². The van der Waals surface area contributed by atoms with Gasteiger partial charge in [-0.25, -0.2) is 8.42 Å². The first-order valence-corrected chi connectivity index (χ1v) is 8.16. The standard InChI is InChI=1S/C11H21N3O3S/c1-2-10-11(15)13-6-7-14(10)18(16,17)8-9-4-3-5-12-9/h9-10,12H,2-8H2,1H3,(H,13,15). The van der Waals surface area contributed by atoms with Crippen LogP contribution in [0.25, 0.3) is 0 Å². The number of nitrogens with zero attached hydrogens (tertiary/aromatic N) is 1. The van der Waals surface area contributed by atoms with E-state index in [9.17, 15) is 13.2 Å². The molecule has 0 saturated carbocycles. The van der Waals surface area contributed by atoms with Crippen molar-refractivity contribution in [3.8, 4) is 0 Å². The highest BCUT2D eigenvalue weighted by Crippen LogP contribution is 2.17. The molecule has 1 amide bonds. The fourth-order valence-electron chi connectivity index (χ4n) is 2.66. The average Bonchev–Trinajstić information content (AvgIpc) is 2.80. The Labute approximate surface area is 108 Å². The summed E-state index contributed by atoms with van der Waals surface area (Å²) in [5.74, 6) is -0.0664. The van der Waals surface area contributed by atoms with E-state index in [-0.39, 0.29) is 17.7 Å². The monoisotopic (exact) mass is 275 g/mol. The normalized spacial score (nSPS) is 30.4. The largest absolute Gasteiger partial charge is 0.353 e. The Balaban J connectivity index is 2.09. The van der Waals surface area contributed by atoms with Crippen LogP contribution < -0.4 is 10.6 Å². The number of rotatable bonds is 4. The van der Waals surface area contributed by atoms with Crippen molar-refractivity contribution in [1.82, 2.24) is 14.9 Å². The molecule has 0 aromatic heterocycles. The van der Waals surface area contributed by atoms with Crippen molar-refractivity contribution < 1.29 is 13.2 Å². The van der Waals surface area contributed by atoms with Crippen molar-refractivity contribution in [2.75, 3.05) is 25.4 Å². The molecule has 0 aromatic carbocycles. The van der Waals surface area contributed by atoms with Gasteiger partial charge in [0.05, 0.1) is 5.75 Å². The van der Waals surface area contributed by atoms with Crippen molar-refractivity contribution in [2.24, 2.45) is 0 Å². The second kappa shape index (κ2) is 5.54. The third kappa shape index (κ3) is 2.84. The molecule has 6 nitrogen and oxygen atoms in total. The third-order valence-corrected chi connectivity index (χ3v) is 5.58. The fourth-order valence-corrected chi connectivity index (χ4v) is 4.65. The lowest BCUT2D eigenvalue weighted by atomic mass is 10.2. The van der Waals surface area contributed by atoms with Crippen molar-refractivity contribution >= 4 is 15.9 Å². The number of sulfonamides is 1. The summed E-state index contributed by atoms with van der Waals surface area (Å²) in [6.45, 7) is 3.52. The molecule has 2 N–H and O–H groups in total. The number of hydrogen-bond acceptors (Lipinski definition) is 4. The second-order valence-electron chi connectivity index (χ2n) is 4.90. The summed E-state index contributed by atoms with van der Waals surface area (Å²) in [7, 11) is -3.35. The van der Waals surface area contributed by atoms with Gasteiger partial charge in [0, 0.05) is 19.1 Å². The van der Waals surface area contributed by atoms with Gasteiger partial charge in [0.1, 0.15) is 6.04 Å². The molecule has 0 radical (unpaired) electrons. The number of amides is 1. The highest BCUT2D eigenvalue weighted by molar-refractivity contribution is 7.89. The first kappa shape index (κ1) is 13.8. The first-order valence-electron chi connectivity index (χ1n) is 6.55. The topological polar surface area (TPSA) is 78.5 Å². The van der Waals surface area contributed by atoms with Crippen LogP contribution in [0.4, 0.5) is 0 Å². The highest BCUT2D eigenvalue weighted by Gasteiger charge is 2.37. The molecule has 0 bridgehead atoms. The van der Waals surface area contributed by atoms with Gasteiger partial charge >= 0.3 is 0 Å². The maximum Gasteiger partial charge on any atom is 0.238 e. The van der Waals surface area contributed by atoms with Crippen LogP contribution in [0.15, 0.2) is 0 Å². The van der Waals surface area contributed by atoms with Gasteiger partial charge in [-0.1, -0.05) is 6.92 Å². The Morgan fingerprint density at radius 3 is 2.78 bits per heavy atom. The van der Waals surface area contributed by atoms with Crippen LogP contribution in [0, 0.1) is 0 Å². The summed E-state index contributed by atoms with van der Waals surface area (Å²) in [5.41, 5.74) is 0. The number of carbonyl (C=O) groups excluding carboxylic acids is 1. The van der Waals surface area contributed by atoms with Gasteiger partial charge in [-0.2, -0.15) is 4.31 Å². The van der Waals surface area contributed by atoms with Crippen LogP contribution in [0.5, 0.6) is 0 Å². The maximum atomic E-state index is 12.4. The molecule has 7 heteroatoms. The van der Waals surface area contributed by atoms with Crippen LogP contribution in [-0.4, -0.2) is 56.1 Å². The average molecular weight is 275 g/mol. The molecule has 18 heavy (non-hydrogen) atoms. The van der Waals surface area contributed by atoms with Crippen LogP contribution >= 0.6 is 0 Å². The number of hydrogen-bond donors (Lipinski definition) is 2. The molecule has 0 aromatic rings. The summed E-state index contributed by atoms with van der Waals surface area (Å²) < 4.78 is 26.1. The van der Waals surface area contributed by atoms with E-state index < -0.39 is 16.1 Å². The molecule has 0 aliphatic carbocycles. The van der Waals surface area contributed by atoms with Gasteiger partial charge in [0.25, 0.3) is 0 Å². The molecule has 2 heterocycles. The van der Waals surface area contributed by atoms with Crippen LogP contribution in [-0.2, 0) is 14.8 Å². The van der Waals surface area contributed by atoms with Crippen molar-refractivity contribution in [3.63, 3.8) is 0 Å². The van der Waals surface area contributed by atoms with E-state index in [2.05, 4.69) is 10.6 Å². The first-order chi connectivity index (χ1) is 8.54. The molecular weight excluding hydrogens is 254 g/mol. The van der Waals surface area contributed by atoms with E-state index in [1.165, 1.54) is 4.31 Å². The Hall–Kier alpha value is -0.660. The molecule has 104 valence electrons. The zero-order chi connectivity index (χ0) is 13.2. The van der Waals surface area contributed by atoms with Crippen molar-refractivity contribution in [1.29, 1.82) is 0 Å². The fraction of sp³-hybridized carbons (Fsp3) is 0.909. The Kier molecular flexibility index (Phi) is 4.24. The number of piperazine rings is 1. The number of nitrogens with one attached hydrogen (secondary N) is 2. The minimum atomic E-state index is -3.35. The van der Waals surface area contributed by atoms with Crippen LogP contribution in [0.2, 0.25) is 0 Å². The van der Waals surface area contributed by atoms with Gasteiger partial charge in [0.15, 0.2) is 0 Å². The summed E-state index contributed by atoms with van der Waals surface area (Å²) in [6.07, 6.45) is 2.44. The molecule has 2 rings (SSSR count). The molecule has 2 fully saturated rings. The SMILES string of the molecule is CCC1C(=O)NCCN1S(=O)(=O)CC1CCCN1. The minimum absolute atomic E-state index is 0.0393. The molecule has 2 atom stereocenters. The molecule has 2 aliphatic heterocycles. The Bertz CT molecular complexity index is 404. The van der Waals surface area contributed by atoms with Crippen LogP contribution in [0.1, 0.15) is 26.2 Å². The highest BCUT2D eigenvalue weighted by atomic mass is 32.2. The van der Waals surface area contributed by atoms with E-state index in [0.29, 0.717) is 19.5 Å². The van der Waals surface area contributed by atoms with Gasteiger partial charge in [-0.05, 0) is 25.8 Å². The smallest absolute Gasteiger partial charge is 0.238 e. The summed E-state index contributed by atoms with van der Waals surface area (Å²) in [5, 5.41) is 5.91. The molecule has 2 saturated heterocycles. The molecule has 0 spiro atoms. The van der Waals surface area contributed by atoms with E-state index in [1.54, 1.807) is 0 Å². The number of carbonyl (C=O) groups is 1. The molecule has 2 aliphatic rings. The summed E-state index contributed by atoms with van der Waals surface area (Å²) >= 11 is 0. The van der Waals surface area contributed by atoms with Gasteiger partial charge in [0.2, 0.25) is 15.9 Å². The van der Waals surface area contributed by atoms with Crippen LogP contribution in [0.3, 0.4) is 0 Å². The predicted molar refractivity (Wildman–Crippen MR) is 68.6 cm³/mol. The zero-order valence-electron chi connectivity index (χ0n) is 10.7. The minimum Gasteiger partial charge on any atom is -0.353 e. The van der Waals surface area contributed by atoms with E-state index in [4.69, 9.17) is 0 Å². The lowest BCUT2D eigenvalue weighted by molar-refractivity contribution is -0.126.